The van der Waals surface area contributed by atoms with Crippen LogP contribution in [-0.4, -0.2) is 16.1 Å². The van der Waals surface area contributed by atoms with Crippen LogP contribution in [0.3, 0.4) is 0 Å². The number of aldehydes is 1. The van der Waals surface area contributed by atoms with Crippen LogP contribution in [0.5, 0.6) is 0 Å². The molecule has 0 amide bonds. The van der Waals surface area contributed by atoms with Crippen LogP contribution < -0.4 is 0 Å². The monoisotopic (exact) mass is 266 g/mol. The number of hydrogen-bond acceptors (Lipinski definition) is 2. The van der Waals surface area contributed by atoms with Gasteiger partial charge in [-0.15, -0.1) is 0 Å². The summed E-state index contributed by atoms with van der Waals surface area (Å²) in [5.74, 6) is -0.299. The number of nitrogens with zero attached hydrogens (tertiary/aromatic N) is 2. The fourth-order valence-corrected chi connectivity index (χ4v) is 2.02. The molecule has 0 atom stereocenters. The molecule has 0 saturated carbocycles. The van der Waals surface area contributed by atoms with Crippen LogP contribution >= 0.6 is 0 Å². The number of hydrogen-bond donors (Lipinski definition) is 0. The number of rotatable bonds is 3. The van der Waals surface area contributed by atoms with E-state index < -0.39 is 0 Å². The molecule has 0 aliphatic rings. The Morgan fingerprint density at radius 3 is 2.35 bits per heavy atom. The first-order valence-electron chi connectivity index (χ1n) is 6.14. The maximum atomic E-state index is 12.9. The molecule has 2 aromatic carbocycles. The Kier molecular flexibility index (Phi) is 3.13. The Labute approximate surface area is 115 Å². The van der Waals surface area contributed by atoms with Gasteiger partial charge in [0.15, 0.2) is 6.29 Å². The van der Waals surface area contributed by atoms with E-state index in [9.17, 15) is 9.18 Å². The summed E-state index contributed by atoms with van der Waals surface area (Å²) in [7, 11) is 0. The maximum absolute atomic E-state index is 12.9. The third kappa shape index (κ3) is 2.23. The highest BCUT2D eigenvalue weighted by molar-refractivity contribution is 5.77. The van der Waals surface area contributed by atoms with Crippen molar-refractivity contribution >= 4 is 6.29 Å². The predicted octanol–water partition coefficient (Wildman–Crippen LogP) is 3.49. The van der Waals surface area contributed by atoms with Gasteiger partial charge in [0, 0.05) is 5.56 Å². The largest absolute Gasteiger partial charge is 0.296 e. The SMILES string of the molecule is O=Cc1cc(-c2ccc(F)cc2)nn1-c1ccccc1. The zero-order valence-electron chi connectivity index (χ0n) is 10.5. The van der Waals surface area contributed by atoms with Crippen LogP contribution in [0.25, 0.3) is 16.9 Å². The van der Waals surface area contributed by atoms with Gasteiger partial charge in [0.1, 0.15) is 11.5 Å². The summed E-state index contributed by atoms with van der Waals surface area (Å²) in [6, 6.07) is 17.1. The standard InChI is InChI=1S/C16H11FN2O/c17-13-8-6-12(7-9-13)16-10-15(11-20)19(18-16)14-4-2-1-3-5-14/h1-11H. The van der Waals surface area contributed by atoms with Gasteiger partial charge in [-0.25, -0.2) is 9.07 Å². The van der Waals surface area contributed by atoms with Crippen molar-refractivity contribution in [2.24, 2.45) is 0 Å². The summed E-state index contributed by atoms with van der Waals surface area (Å²) >= 11 is 0. The average molecular weight is 266 g/mol. The zero-order valence-corrected chi connectivity index (χ0v) is 10.5. The van der Waals surface area contributed by atoms with Crippen molar-refractivity contribution in [3.05, 3.63) is 72.2 Å². The molecule has 0 unspecified atom stereocenters. The molecule has 3 nitrogen and oxygen atoms in total. The molecule has 4 heteroatoms. The van der Waals surface area contributed by atoms with E-state index in [4.69, 9.17) is 0 Å². The number of aromatic nitrogens is 2. The molecule has 1 heterocycles. The summed E-state index contributed by atoms with van der Waals surface area (Å²) in [6.45, 7) is 0. The molecule has 0 aliphatic heterocycles. The summed E-state index contributed by atoms with van der Waals surface area (Å²) in [5, 5.41) is 4.41. The second kappa shape index (κ2) is 5.09. The lowest BCUT2D eigenvalue weighted by atomic mass is 10.1. The van der Waals surface area contributed by atoms with Crippen molar-refractivity contribution in [1.82, 2.24) is 9.78 Å². The van der Waals surface area contributed by atoms with E-state index in [0.717, 1.165) is 17.5 Å². The molecule has 98 valence electrons. The van der Waals surface area contributed by atoms with E-state index in [-0.39, 0.29) is 5.82 Å². The molecule has 0 spiro atoms. The van der Waals surface area contributed by atoms with Gasteiger partial charge >= 0.3 is 0 Å². The zero-order chi connectivity index (χ0) is 13.9. The topological polar surface area (TPSA) is 34.9 Å². The molecule has 0 radical (unpaired) electrons. The smallest absolute Gasteiger partial charge is 0.168 e. The molecule has 0 aliphatic carbocycles. The van der Waals surface area contributed by atoms with Crippen LogP contribution in [0.2, 0.25) is 0 Å². The van der Waals surface area contributed by atoms with Crippen molar-refractivity contribution in [3.8, 4) is 16.9 Å². The maximum Gasteiger partial charge on any atom is 0.168 e. The van der Waals surface area contributed by atoms with Crippen molar-refractivity contribution in [1.29, 1.82) is 0 Å². The van der Waals surface area contributed by atoms with Gasteiger partial charge < -0.3 is 0 Å². The van der Waals surface area contributed by atoms with Crippen molar-refractivity contribution in [2.75, 3.05) is 0 Å². The lowest BCUT2D eigenvalue weighted by molar-refractivity contribution is 0.111. The van der Waals surface area contributed by atoms with Gasteiger partial charge in [0.05, 0.1) is 11.4 Å². The third-order valence-electron chi connectivity index (χ3n) is 3.00. The molecule has 3 aromatic rings. The van der Waals surface area contributed by atoms with Gasteiger partial charge in [0.25, 0.3) is 0 Å². The van der Waals surface area contributed by atoms with Crippen LogP contribution in [0.4, 0.5) is 4.39 Å². The molecular formula is C16H11FN2O. The highest BCUT2D eigenvalue weighted by Gasteiger charge is 2.10. The molecule has 0 bridgehead atoms. The highest BCUT2D eigenvalue weighted by Crippen LogP contribution is 2.21. The third-order valence-corrected chi connectivity index (χ3v) is 3.00. The summed E-state index contributed by atoms with van der Waals surface area (Å²) in [6.07, 6.45) is 0.757. The minimum absolute atomic E-state index is 0.299. The summed E-state index contributed by atoms with van der Waals surface area (Å²) < 4.78 is 14.5. The minimum atomic E-state index is -0.299. The molecule has 0 N–H and O–H groups in total. The van der Waals surface area contributed by atoms with Crippen LogP contribution in [0, 0.1) is 5.82 Å². The molecule has 3 rings (SSSR count). The Hall–Kier alpha value is -2.75. The highest BCUT2D eigenvalue weighted by atomic mass is 19.1. The Morgan fingerprint density at radius 1 is 1.00 bits per heavy atom. The van der Waals surface area contributed by atoms with Crippen LogP contribution in [-0.2, 0) is 0 Å². The summed E-state index contributed by atoms with van der Waals surface area (Å²) in [5.41, 5.74) is 2.67. The summed E-state index contributed by atoms with van der Waals surface area (Å²) in [4.78, 5) is 11.2. The van der Waals surface area contributed by atoms with E-state index in [1.54, 1.807) is 22.9 Å². The average Bonchev–Trinajstić information content (AvgIpc) is 2.93. The van der Waals surface area contributed by atoms with Gasteiger partial charge in [-0.1, -0.05) is 18.2 Å². The van der Waals surface area contributed by atoms with E-state index in [0.29, 0.717) is 11.4 Å². The van der Waals surface area contributed by atoms with Crippen molar-refractivity contribution in [2.45, 2.75) is 0 Å². The molecule has 0 saturated heterocycles. The quantitative estimate of drug-likeness (QED) is 0.680. The second-order valence-electron chi connectivity index (χ2n) is 4.33. The Balaban J connectivity index is 2.09. The van der Waals surface area contributed by atoms with Crippen LogP contribution in [0.15, 0.2) is 60.7 Å². The van der Waals surface area contributed by atoms with E-state index >= 15 is 0 Å². The second-order valence-corrected chi connectivity index (χ2v) is 4.33. The van der Waals surface area contributed by atoms with E-state index in [1.165, 1.54) is 12.1 Å². The van der Waals surface area contributed by atoms with Gasteiger partial charge in [-0.3, -0.25) is 4.79 Å². The van der Waals surface area contributed by atoms with Gasteiger partial charge in [-0.2, -0.15) is 5.10 Å². The predicted molar refractivity (Wildman–Crippen MR) is 74.3 cm³/mol. The minimum Gasteiger partial charge on any atom is -0.296 e. The lowest BCUT2D eigenvalue weighted by Gasteiger charge is -2.02. The molecular weight excluding hydrogens is 255 g/mol. The number of carbonyl (C=O) groups excluding carboxylic acids is 1. The lowest BCUT2D eigenvalue weighted by Crippen LogP contribution is -2.00. The molecule has 1 aromatic heterocycles. The van der Waals surface area contributed by atoms with Crippen LogP contribution in [0.1, 0.15) is 10.5 Å². The van der Waals surface area contributed by atoms with Crippen molar-refractivity contribution in [3.63, 3.8) is 0 Å². The molecule has 0 fully saturated rings. The first kappa shape index (κ1) is 12.3. The van der Waals surface area contributed by atoms with Crippen molar-refractivity contribution < 1.29 is 9.18 Å². The number of halogens is 1. The first-order chi connectivity index (χ1) is 9.78. The fourth-order valence-electron chi connectivity index (χ4n) is 2.02. The number of carbonyl (C=O) groups is 1. The number of benzene rings is 2. The first-order valence-corrected chi connectivity index (χ1v) is 6.14. The van der Waals surface area contributed by atoms with E-state index in [2.05, 4.69) is 5.10 Å². The Morgan fingerprint density at radius 2 is 1.70 bits per heavy atom. The molecule has 20 heavy (non-hydrogen) atoms. The van der Waals surface area contributed by atoms with Gasteiger partial charge in [-0.05, 0) is 42.5 Å². The van der Waals surface area contributed by atoms with Gasteiger partial charge in [0.2, 0.25) is 0 Å². The Bertz CT molecular complexity index is 733. The fraction of sp³-hybridized carbons (Fsp3) is 0. The normalized spacial score (nSPS) is 10.4. The van der Waals surface area contributed by atoms with E-state index in [1.807, 2.05) is 30.3 Å². The number of para-hydroxylation sites is 1.